The molecular formula is C11H19ClO3. The number of hydrogen-bond acceptors (Lipinski definition) is 2. The van der Waals surface area contributed by atoms with Gasteiger partial charge in [0.2, 0.25) is 0 Å². The van der Waals surface area contributed by atoms with Crippen LogP contribution in [0.15, 0.2) is 0 Å². The molecule has 0 aliphatic heterocycles. The van der Waals surface area contributed by atoms with Gasteiger partial charge in [-0.2, -0.15) is 0 Å². The molecule has 0 aromatic rings. The van der Waals surface area contributed by atoms with Gasteiger partial charge in [-0.25, -0.2) is 4.79 Å². The summed E-state index contributed by atoms with van der Waals surface area (Å²) in [5.41, 5.74) is 0. The first-order valence-corrected chi connectivity index (χ1v) is 5.78. The van der Waals surface area contributed by atoms with E-state index in [1.165, 1.54) is 0 Å². The number of halogens is 1. The molecule has 0 heterocycles. The van der Waals surface area contributed by atoms with E-state index in [-0.39, 0.29) is 11.0 Å². The molecule has 88 valence electrons. The Balaban J connectivity index is 2.69. The molecule has 4 heteroatoms. The third-order valence-electron chi connectivity index (χ3n) is 3.21. The van der Waals surface area contributed by atoms with Crippen molar-refractivity contribution < 1.29 is 14.6 Å². The zero-order valence-corrected chi connectivity index (χ0v) is 10.3. The Labute approximate surface area is 95.8 Å². The molecular weight excluding hydrogens is 216 g/mol. The number of rotatable bonds is 2. The lowest BCUT2D eigenvalue weighted by atomic mass is 9.75. The normalized spacial score (nSPS) is 36.6. The smallest absolute Gasteiger partial charge is 0.450 e. The second kappa shape index (κ2) is 4.60. The van der Waals surface area contributed by atoms with Crippen molar-refractivity contribution in [3.63, 3.8) is 0 Å². The van der Waals surface area contributed by atoms with E-state index >= 15 is 0 Å². The van der Waals surface area contributed by atoms with Crippen molar-refractivity contribution in [3.8, 4) is 0 Å². The molecule has 3 atom stereocenters. The molecule has 1 fully saturated rings. The van der Waals surface area contributed by atoms with E-state index in [2.05, 4.69) is 13.8 Å². The molecule has 0 amide bonds. The Morgan fingerprint density at radius 2 is 2.20 bits per heavy atom. The van der Waals surface area contributed by atoms with Gasteiger partial charge in [0.1, 0.15) is 6.10 Å². The summed E-state index contributed by atoms with van der Waals surface area (Å²) in [6, 6.07) is 0. The van der Waals surface area contributed by atoms with Crippen molar-refractivity contribution >= 4 is 17.8 Å². The van der Waals surface area contributed by atoms with Crippen LogP contribution in [-0.4, -0.2) is 22.2 Å². The van der Waals surface area contributed by atoms with Crippen LogP contribution >= 0.6 is 11.6 Å². The maximum Gasteiger partial charge on any atom is 0.506 e. The summed E-state index contributed by atoms with van der Waals surface area (Å²) in [6.07, 6.45) is 1.04. The van der Waals surface area contributed by atoms with Crippen molar-refractivity contribution in [1.29, 1.82) is 0 Å². The van der Waals surface area contributed by atoms with E-state index in [1.807, 2.05) is 6.92 Å². The number of carbonyl (C=O) groups is 1. The molecule has 1 aliphatic rings. The summed E-state index contributed by atoms with van der Waals surface area (Å²) >= 11 is 6.25. The van der Waals surface area contributed by atoms with E-state index < -0.39 is 6.16 Å². The SMILES string of the molecule is CC(C)C1CCC(C)(Cl)CC1OC(=O)O. The first-order valence-electron chi connectivity index (χ1n) is 5.40. The highest BCUT2D eigenvalue weighted by Gasteiger charge is 2.39. The minimum atomic E-state index is -1.19. The van der Waals surface area contributed by atoms with Gasteiger partial charge in [0.25, 0.3) is 0 Å². The van der Waals surface area contributed by atoms with E-state index in [0.29, 0.717) is 18.3 Å². The number of carboxylic acid groups (broad SMARTS) is 1. The quantitative estimate of drug-likeness (QED) is 0.588. The molecule has 1 N–H and O–H groups in total. The van der Waals surface area contributed by atoms with Gasteiger partial charge >= 0.3 is 6.16 Å². The highest BCUT2D eigenvalue weighted by Crippen LogP contribution is 2.41. The van der Waals surface area contributed by atoms with Gasteiger partial charge in [0, 0.05) is 11.3 Å². The summed E-state index contributed by atoms with van der Waals surface area (Å²) in [4.78, 5) is 10.3. The fraction of sp³-hybridized carbons (Fsp3) is 0.909. The summed E-state index contributed by atoms with van der Waals surface area (Å²) in [5.74, 6) is 0.732. The van der Waals surface area contributed by atoms with E-state index in [9.17, 15) is 4.79 Å². The fourth-order valence-electron chi connectivity index (χ4n) is 2.35. The fourth-order valence-corrected chi connectivity index (χ4v) is 2.61. The highest BCUT2D eigenvalue weighted by molar-refractivity contribution is 6.23. The van der Waals surface area contributed by atoms with Crippen LogP contribution in [-0.2, 0) is 4.74 Å². The van der Waals surface area contributed by atoms with Crippen molar-refractivity contribution in [2.45, 2.75) is 51.0 Å². The molecule has 3 unspecified atom stereocenters. The second-order valence-corrected chi connectivity index (χ2v) is 5.90. The summed E-state index contributed by atoms with van der Waals surface area (Å²) < 4.78 is 4.93. The average molecular weight is 235 g/mol. The summed E-state index contributed by atoms with van der Waals surface area (Å²) in [5, 5.41) is 8.67. The van der Waals surface area contributed by atoms with Crippen LogP contribution in [0.25, 0.3) is 0 Å². The Hall–Kier alpha value is -0.440. The Morgan fingerprint density at radius 1 is 1.60 bits per heavy atom. The minimum absolute atomic E-state index is 0.251. The lowest BCUT2D eigenvalue weighted by molar-refractivity contribution is -0.0135. The molecule has 15 heavy (non-hydrogen) atoms. The largest absolute Gasteiger partial charge is 0.506 e. The topological polar surface area (TPSA) is 46.5 Å². The van der Waals surface area contributed by atoms with Crippen molar-refractivity contribution in [3.05, 3.63) is 0 Å². The van der Waals surface area contributed by atoms with E-state index in [1.54, 1.807) is 0 Å². The zero-order valence-electron chi connectivity index (χ0n) is 9.50. The van der Waals surface area contributed by atoms with Crippen molar-refractivity contribution in [2.75, 3.05) is 0 Å². The van der Waals surface area contributed by atoms with Crippen LogP contribution in [0.4, 0.5) is 4.79 Å². The van der Waals surface area contributed by atoms with Crippen molar-refractivity contribution in [1.82, 2.24) is 0 Å². The van der Waals surface area contributed by atoms with Gasteiger partial charge in [0.15, 0.2) is 0 Å². The maximum absolute atomic E-state index is 10.6. The molecule has 0 aromatic heterocycles. The molecule has 1 aliphatic carbocycles. The van der Waals surface area contributed by atoms with Gasteiger partial charge in [-0.15, -0.1) is 11.6 Å². The van der Waals surface area contributed by atoms with Gasteiger partial charge in [-0.3, -0.25) is 0 Å². The molecule has 0 aromatic carbocycles. The Kier molecular flexibility index (Phi) is 3.87. The molecule has 0 bridgehead atoms. The molecule has 0 radical (unpaired) electrons. The highest BCUT2D eigenvalue weighted by atomic mass is 35.5. The predicted octanol–water partition coefficient (Wildman–Crippen LogP) is 3.50. The summed E-state index contributed by atoms with van der Waals surface area (Å²) in [7, 11) is 0. The number of hydrogen-bond donors (Lipinski definition) is 1. The van der Waals surface area contributed by atoms with E-state index in [0.717, 1.165) is 12.8 Å². The number of alkyl halides is 1. The standard InChI is InChI=1S/C11H19ClO3/c1-7(2)8-4-5-11(3,12)6-9(8)15-10(13)14/h7-9H,4-6H2,1-3H3,(H,13,14). The average Bonchev–Trinajstić information content (AvgIpc) is 1.99. The maximum atomic E-state index is 10.6. The second-order valence-electron chi connectivity index (χ2n) is 4.99. The Bertz CT molecular complexity index is 238. The van der Waals surface area contributed by atoms with Crippen molar-refractivity contribution in [2.24, 2.45) is 11.8 Å². The molecule has 1 rings (SSSR count). The number of ether oxygens (including phenoxy) is 1. The monoisotopic (exact) mass is 234 g/mol. The van der Waals surface area contributed by atoms with E-state index in [4.69, 9.17) is 21.4 Å². The molecule has 1 saturated carbocycles. The predicted molar refractivity (Wildman–Crippen MR) is 59.3 cm³/mol. The Morgan fingerprint density at radius 3 is 2.67 bits per heavy atom. The third kappa shape index (κ3) is 3.56. The van der Waals surface area contributed by atoms with Crippen LogP contribution in [0.2, 0.25) is 0 Å². The van der Waals surface area contributed by atoms with Crippen LogP contribution in [0.5, 0.6) is 0 Å². The van der Waals surface area contributed by atoms with Crippen LogP contribution in [0.1, 0.15) is 40.0 Å². The zero-order chi connectivity index (χ0) is 11.6. The first kappa shape index (κ1) is 12.6. The lowest BCUT2D eigenvalue weighted by Crippen LogP contribution is -2.41. The van der Waals surface area contributed by atoms with Crippen LogP contribution < -0.4 is 0 Å². The van der Waals surface area contributed by atoms with Gasteiger partial charge in [-0.05, 0) is 31.6 Å². The molecule has 0 spiro atoms. The minimum Gasteiger partial charge on any atom is -0.450 e. The summed E-state index contributed by atoms with van der Waals surface area (Å²) in [6.45, 7) is 6.14. The molecule has 3 nitrogen and oxygen atoms in total. The molecule has 0 saturated heterocycles. The first-order chi connectivity index (χ1) is 6.82. The van der Waals surface area contributed by atoms with Gasteiger partial charge < -0.3 is 9.84 Å². The van der Waals surface area contributed by atoms with Gasteiger partial charge in [0.05, 0.1) is 0 Å². The van der Waals surface area contributed by atoms with Gasteiger partial charge in [-0.1, -0.05) is 13.8 Å². The lowest BCUT2D eigenvalue weighted by Gasteiger charge is -2.39. The van der Waals surface area contributed by atoms with Crippen LogP contribution in [0, 0.1) is 11.8 Å². The van der Waals surface area contributed by atoms with Crippen LogP contribution in [0.3, 0.4) is 0 Å². The third-order valence-corrected chi connectivity index (χ3v) is 3.56.